The molecule has 1 aromatic carbocycles. The molecule has 0 spiro atoms. The lowest BCUT2D eigenvalue weighted by Crippen LogP contribution is -2.30. The predicted molar refractivity (Wildman–Crippen MR) is 72.1 cm³/mol. The summed E-state index contributed by atoms with van der Waals surface area (Å²) in [4.78, 5) is 23.6. The maximum absolute atomic E-state index is 11.1. The standard InChI is InChI=1S/C13H17N3O3/c14-13(17)9-10-8-11(16(18)19)4-5-12(10)15-6-2-1-3-7-15/h4-5,8H,1-3,6-7,9H2,(H2,14,17). The van der Waals surface area contributed by atoms with Crippen LogP contribution in [-0.4, -0.2) is 23.9 Å². The lowest BCUT2D eigenvalue weighted by atomic mass is 10.0. The number of piperidine rings is 1. The van der Waals surface area contributed by atoms with Crippen LogP contribution in [0, 0.1) is 10.1 Å². The number of non-ortho nitro benzene ring substituents is 1. The molecule has 1 amide bonds. The number of primary amides is 1. The molecule has 19 heavy (non-hydrogen) atoms. The van der Waals surface area contributed by atoms with Gasteiger partial charge < -0.3 is 10.6 Å². The van der Waals surface area contributed by atoms with E-state index in [1.54, 1.807) is 6.07 Å². The van der Waals surface area contributed by atoms with E-state index in [0.29, 0.717) is 5.56 Å². The molecular weight excluding hydrogens is 246 g/mol. The summed E-state index contributed by atoms with van der Waals surface area (Å²) in [6.07, 6.45) is 3.45. The summed E-state index contributed by atoms with van der Waals surface area (Å²) in [5.74, 6) is -0.473. The smallest absolute Gasteiger partial charge is 0.269 e. The van der Waals surface area contributed by atoms with E-state index in [9.17, 15) is 14.9 Å². The Morgan fingerprint density at radius 1 is 1.32 bits per heavy atom. The molecule has 2 N–H and O–H groups in total. The van der Waals surface area contributed by atoms with Gasteiger partial charge in [-0.1, -0.05) is 0 Å². The number of hydrogen-bond acceptors (Lipinski definition) is 4. The van der Waals surface area contributed by atoms with E-state index in [1.807, 2.05) is 0 Å². The molecule has 0 aliphatic carbocycles. The molecule has 0 radical (unpaired) electrons. The average molecular weight is 263 g/mol. The fraction of sp³-hybridized carbons (Fsp3) is 0.462. The number of nitrogens with two attached hydrogens (primary N) is 1. The van der Waals surface area contributed by atoms with E-state index in [-0.39, 0.29) is 12.1 Å². The SMILES string of the molecule is NC(=O)Cc1cc([N+](=O)[O-])ccc1N1CCCCC1. The second kappa shape index (κ2) is 5.69. The summed E-state index contributed by atoms with van der Waals surface area (Å²) in [5, 5.41) is 10.8. The first-order chi connectivity index (χ1) is 9.08. The number of anilines is 1. The Morgan fingerprint density at radius 3 is 2.58 bits per heavy atom. The van der Waals surface area contributed by atoms with Gasteiger partial charge in [0.25, 0.3) is 5.69 Å². The van der Waals surface area contributed by atoms with Crippen LogP contribution >= 0.6 is 0 Å². The van der Waals surface area contributed by atoms with Gasteiger partial charge in [0.2, 0.25) is 5.91 Å². The van der Waals surface area contributed by atoms with Crippen LogP contribution in [-0.2, 0) is 11.2 Å². The number of nitro benzene ring substituents is 1. The maximum atomic E-state index is 11.1. The van der Waals surface area contributed by atoms with E-state index in [0.717, 1.165) is 31.6 Å². The molecular formula is C13H17N3O3. The van der Waals surface area contributed by atoms with Crippen LogP contribution in [0.25, 0.3) is 0 Å². The average Bonchev–Trinajstić information content (AvgIpc) is 2.39. The van der Waals surface area contributed by atoms with Gasteiger partial charge in [0.1, 0.15) is 0 Å². The van der Waals surface area contributed by atoms with Crippen LogP contribution in [0.5, 0.6) is 0 Å². The lowest BCUT2D eigenvalue weighted by Gasteiger charge is -2.30. The molecule has 0 atom stereocenters. The van der Waals surface area contributed by atoms with Crippen molar-refractivity contribution < 1.29 is 9.72 Å². The maximum Gasteiger partial charge on any atom is 0.269 e. The van der Waals surface area contributed by atoms with Crippen molar-refractivity contribution in [3.63, 3.8) is 0 Å². The van der Waals surface area contributed by atoms with Gasteiger partial charge in [0.05, 0.1) is 11.3 Å². The largest absolute Gasteiger partial charge is 0.371 e. The highest BCUT2D eigenvalue weighted by Gasteiger charge is 2.18. The molecule has 0 aromatic heterocycles. The van der Waals surface area contributed by atoms with Gasteiger partial charge in [-0.15, -0.1) is 0 Å². The number of amides is 1. The zero-order valence-corrected chi connectivity index (χ0v) is 10.7. The minimum atomic E-state index is -0.473. The van der Waals surface area contributed by atoms with E-state index < -0.39 is 10.8 Å². The van der Waals surface area contributed by atoms with Crippen LogP contribution < -0.4 is 10.6 Å². The van der Waals surface area contributed by atoms with Gasteiger partial charge in [0, 0.05) is 30.9 Å². The third-order valence-electron chi connectivity index (χ3n) is 3.34. The molecule has 1 aromatic rings. The number of rotatable bonds is 4. The third-order valence-corrected chi connectivity index (χ3v) is 3.34. The summed E-state index contributed by atoms with van der Waals surface area (Å²) in [6, 6.07) is 4.66. The number of nitrogens with zero attached hydrogens (tertiary/aromatic N) is 2. The first kappa shape index (κ1) is 13.3. The van der Waals surface area contributed by atoms with Crippen molar-refractivity contribution in [2.75, 3.05) is 18.0 Å². The number of benzene rings is 1. The first-order valence-electron chi connectivity index (χ1n) is 6.38. The van der Waals surface area contributed by atoms with Crippen molar-refractivity contribution in [2.24, 2.45) is 5.73 Å². The van der Waals surface area contributed by atoms with E-state index in [4.69, 9.17) is 5.73 Å². The number of nitro groups is 1. The van der Waals surface area contributed by atoms with Gasteiger partial charge in [0.15, 0.2) is 0 Å². The number of carbonyl (C=O) groups excluding carboxylic acids is 1. The molecule has 2 rings (SSSR count). The Balaban J connectivity index is 2.34. The first-order valence-corrected chi connectivity index (χ1v) is 6.38. The zero-order valence-electron chi connectivity index (χ0n) is 10.7. The quantitative estimate of drug-likeness (QED) is 0.660. The van der Waals surface area contributed by atoms with E-state index in [2.05, 4.69) is 4.90 Å². The van der Waals surface area contributed by atoms with Crippen molar-refractivity contribution >= 4 is 17.3 Å². The van der Waals surface area contributed by atoms with Crippen LogP contribution in [0.1, 0.15) is 24.8 Å². The fourth-order valence-corrected chi connectivity index (χ4v) is 2.46. The fourth-order valence-electron chi connectivity index (χ4n) is 2.46. The third kappa shape index (κ3) is 3.21. The second-order valence-electron chi connectivity index (χ2n) is 4.76. The second-order valence-corrected chi connectivity index (χ2v) is 4.76. The normalized spacial score (nSPS) is 15.3. The van der Waals surface area contributed by atoms with Crippen LogP contribution in [0.2, 0.25) is 0 Å². The molecule has 0 saturated carbocycles. The zero-order chi connectivity index (χ0) is 13.8. The molecule has 0 unspecified atom stereocenters. The monoisotopic (exact) mass is 263 g/mol. The molecule has 0 bridgehead atoms. The highest BCUT2D eigenvalue weighted by molar-refractivity contribution is 5.79. The minimum absolute atomic E-state index is 0.00277. The van der Waals surface area contributed by atoms with Gasteiger partial charge in [-0.3, -0.25) is 14.9 Å². The Kier molecular flexibility index (Phi) is 3.99. The molecule has 6 nitrogen and oxygen atoms in total. The predicted octanol–water partition coefficient (Wildman–Crippen LogP) is 1.61. The van der Waals surface area contributed by atoms with Crippen LogP contribution in [0.15, 0.2) is 18.2 Å². The van der Waals surface area contributed by atoms with Gasteiger partial charge in [-0.2, -0.15) is 0 Å². The molecule has 1 heterocycles. The Labute approximate surface area is 111 Å². The molecule has 1 aliphatic heterocycles. The van der Waals surface area contributed by atoms with Crippen molar-refractivity contribution in [1.82, 2.24) is 0 Å². The Hall–Kier alpha value is -2.11. The highest BCUT2D eigenvalue weighted by atomic mass is 16.6. The Morgan fingerprint density at radius 2 is 2.00 bits per heavy atom. The number of hydrogen-bond donors (Lipinski definition) is 1. The van der Waals surface area contributed by atoms with Crippen LogP contribution in [0.3, 0.4) is 0 Å². The molecule has 6 heteroatoms. The summed E-state index contributed by atoms with van der Waals surface area (Å²) >= 11 is 0. The molecule has 1 aliphatic rings. The van der Waals surface area contributed by atoms with Crippen LogP contribution in [0.4, 0.5) is 11.4 Å². The molecule has 1 fully saturated rings. The summed E-state index contributed by atoms with van der Waals surface area (Å²) in [6.45, 7) is 1.84. The summed E-state index contributed by atoms with van der Waals surface area (Å²) in [7, 11) is 0. The lowest BCUT2D eigenvalue weighted by molar-refractivity contribution is -0.384. The highest BCUT2D eigenvalue weighted by Crippen LogP contribution is 2.28. The van der Waals surface area contributed by atoms with Crippen molar-refractivity contribution in [3.8, 4) is 0 Å². The Bertz CT molecular complexity index is 496. The minimum Gasteiger partial charge on any atom is -0.371 e. The van der Waals surface area contributed by atoms with E-state index in [1.165, 1.54) is 18.6 Å². The van der Waals surface area contributed by atoms with Crippen molar-refractivity contribution in [3.05, 3.63) is 33.9 Å². The topological polar surface area (TPSA) is 89.5 Å². The summed E-state index contributed by atoms with van der Waals surface area (Å²) < 4.78 is 0. The van der Waals surface area contributed by atoms with E-state index >= 15 is 0 Å². The summed E-state index contributed by atoms with van der Waals surface area (Å²) in [5.41, 5.74) is 6.75. The number of carbonyl (C=O) groups is 1. The van der Waals surface area contributed by atoms with Crippen molar-refractivity contribution in [1.29, 1.82) is 0 Å². The van der Waals surface area contributed by atoms with Gasteiger partial charge in [-0.25, -0.2) is 0 Å². The molecule has 1 saturated heterocycles. The molecule has 102 valence electrons. The van der Waals surface area contributed by atoms with Gasteiger partial charge in [-0.05, 0) is 30.9 Å². The van der Waals surface area contributed by atoms with Crippen molar-refractivity contribution in [2.45, 2.75) is 25.7 Å². The van der Waals surface area contributed by atoms with Gasteiger partial charge >= 0.3 is 0 Å².